The molecule has 9 heteroatoms. The van der Waals surface area contributed by atoms with Crippen molar-refractivity contribution in [2.24, 2.45) is 5.92 Å². The summed E-state index contributed by atoms with van der Waals surface area (Å²) in [5.41, 5.74) is 1.46. The maximum atomic E-state index is 14.1. The van der Waals surface area contributed by atoms with E-state index in [1.807, 2.05) is 77.9 Å². The summed E-state index contributed by atoms with van der Waals surface area (Å²) in [6.07, 6.45) is 0. The SMILES string of the molecule is Cc1cc(Oc2ccccc2)ccc1N(C(=O)CCl)[C@@H](C(=O)N1CCN[C@@H](C(C)C)C1)c1cccs1.Cl. The van der Waals surface area contributed by atoms with Crippen LogP contribution in [0.5, 0.6) is 11.5 Å². The summed E-state index contributed by atoms with van der Waals surface area (Å²) in [6, 6.07) is 18.3. The van der Waals surface area contributed by atoms with Crippen LogP contribution >= 0.6 is 35.3 Å². The average Bonchev–Trinajstić information content (AvgIpc) is 3.42. The van der Waals surface area contributed by atoms with Crippen molar-refractivity contribution in [3.63, 3.8) is 0 Å². The van der Waals surface area contributed by atoms with Gasteiger partial charge in [-0.15, -0.1) is 35.3 Å². The second kappa shape index (κ2) is 13.3. The standard InChI is InChI=1S/C28H32ClN3O3S.ClH/c1-19(2)23-18-31(14-13-30-23)28(34)27(25-10-7-15-36-25)32(26(33)17-29)24-12-11-22(16-20(24)3)35-21-8-5-4-6-9-21;/h4-12,15-16,19,23,27,30H,13-14,17-18H2,1-3H3;1H/t23-,27-;/m1./s1. The molecule has 3 aromatic rings. The Morgan fingerprint density at radius 3 is 2.51 bits per heavy atom. The van der Waals surface area contributed by atoms with Crippen LogP contribution in [0, 0.1) is 12.8 Å². The van der Waals surface area contributed by atoms with E-state index in [4.69, 9.17) is 16.3 Å². The lowest BCUT2D eigenvalue weighted by molar-refractivity contribution is -0.135. The monoisotopic (exact) mass is 561 g/mol. The molecule has 1 fully saturated rings. The van der Waals surface area contributed by atoms with E-state index in [0.717, 1.165) is 22.7 Å². The maximum absolute atomic E-state index is 14.1. The van der Waals surface area contributed by atoms with Crippen LogP contribution in [0.2, 0.25) is 0 Å². The zero-order valence-corrected chi connectivity index (χ0v) is 23.6. The quantitative estimate of drug-likeness (QED) is 0.340. The van der Waals surface area contributed by atoms with Gasteiger partial charge in [0.05, 0.1) is 0 Å². The fourth-order valence-electron chi connectivity index (χ4n) is 4.47. The van der Waals surface area contributed by atoms with Gasteiger partial charge in [0.1, 0.15) is 23.4 Å². The van der Waals surface area contributed by atoms with E-state index in [1.54, 1.807) is 4.90 Å². The molecule has 1 saturated heterocycles. The number of benzene rings is 2. The topological polar surface area (TPSA) is 61.9 Å². The van der Waals surface area contributed by atoms with Gasteiger partial charge in [-0.25, -0.2) is 0 Å². The molecule has 0 saturated carbocycles. The third-order valence-electron chi connectivity index (χ3n) is 6.42. The van der Waals surface area contributed by atoms with Crippen molar-refractivity contribution in [3.8, 4) is 11.5 Å². The molecular formula is C28H33Cl2N3O3S. The molecule has 0 spiro atoms. The lowest BCUT2D eigenvalue weighted by Crippen LogP contribution is -2.57. The maximum Gasteiger partial charge on any atom is 0.251 e. The molecule has 0 bridgehead atoms. The first-order valence-electron chi connectivity index (χ1n) is 12.2. The summed E-state index contributed by atoms with van der Waals surface area (Å²) < 4.78 is 5.98. The molecule has 0 radical (unpaired) electrons. The Bertz CT molecular complexity index is 1170. The van der Waals surface area contributed by atoms with E-state index < -0.39 is 6.04 Å². The van der Waals surface area contributed by atoms with E-state index in [9.17, 15) is 9.59 Å². The summed E-state index contributed by atoms with van der Waals surface area (Å²) in [5.74, 6) is 1.13. The van der Waals surface area contributed by atoms with Gasteiger partial charge in [0.2, 0.25) is 5.91 Å². The second-order valence-corrected chi connectivity index (χ2v) is 10.5. The van der Waals surface area contributed by atoms with E-state index in [-0.39, 0.29) is 36.1 Å². The van der Waals surface area contributed by atoms with Gasteiger partial charge < -0.3 is 15.0 Å². The van der Waals surface area contributed by atoms with Crippen LogP contribution in [0.25, 0.3) is 0 Å². The number of rotatable bonds is 8. The molecule has 1 aromatic heterocycles. The van der Waals surface area contributed by atoms with Crippen LogP contribution in [-0.4, -0.2) is 48.3 Å². The highest BCUT2D eigenvalue weighted by atomic mass is 35.5. The molecular weight excluding hydrogens is 529 g/mol. The van der Waals surface area contributed by atoms with Gasteiger partial charge in [0.15, 0.2) is 0 Å². The van der Waals surface area contributed by atoms with Crippen LogP contribution in [0.15, 0.2) is 66.0 Å². The average molecular weight is 563 g/mol. The Kier molecular flexibility index (Phi) is 10.4. The van der Waals surface area contributed by atoms with E-state index >= 15 is 0 Å². The minimum atomic E-state index is -0.790. The third kappa shape index (κ3) is 6.85. The number of para-hydroxylation sites is 1. The van der Waals surface area contributed by atoms with Gasteiger partial charge in [-0.1, -0.05) is 38.1 Å². The Morgan fingerprint density at radius 2 is 1.89 bits per heavy atom. The summed E-state index contributed by atoms with van der Waals surface area (Å²) in [4.78, 5) is 31.6. The van der Waals surface area contributed by atoms with Crippen molar-refractivity contribution in [1.29, 1.82) is 0 Å². The van der Waals surface area contributed by atoms with Crippen LogP contribution in [0.1, 0.15) is 30.3 Å². The Hall–Kier alpha value is -2.58. The van der Waals surface area contributed by atoms with Crippen molar-refractivity contribution >= 4 is 52.8 Å². The number of hydrogen-bond acceptors (Lipinski definition) is 5. The molecule has 1 aliphatic heterocycles. The Morgan fingerprint density at radius 1 is 1.14 bits per heavy atom. The highest BCUT2D eigenvalue weighted by Gasteiger charge is 2.38. The minimum Gasteiger partial charge on any atom is -0.457 e. The molecule has 0 aliphatic carbocycles. The first-order valence-corrected chi connectivity index (χ1v) is 13.6. The van der Waals surface area contributed by atoms with Gasteiger partial charge in [0, 0.05) is 36.2 Å². The van der Waals surface area contributed by atoms with Gasteiger partial charge in [-0.2, -0.15) is 0 Å². The normalized spacial score (nSPS) is 16.1. The largest absolute Gasteiger partial charge is 0.457 e. The molecule has 6 nitrogen and oxygen atoms in total. The second-order valence-electron chi connectivity index (χ2n) is 9.27. The Balaban J connectivity index is 0.00000380. The molecule has 2 amide bonds. The molecule has 2 heterocycles. The number of nitrogens with one attached hydrogen (secondary N) is 1. The number of anilines is 1. The highest BCUT2D eigenvalue weighted by Crippen LogP contribution is 2.36. The number of amides is 2. The van der Waals surface area contributed by atoms with Crippen molar-refractivity contribution in [2.75, 3.05) is 30.4 Å². The molecule has 1 N–H and O–H groups in total. The lowest BCUT2D eigenvalue weighted by atomic mass is 10.0. The number of thiophene rings is 1. The van der Waals surface area contributed by atoms with Crippen molar-refractivity contribution in [3.05, 3.63) is 76.5 Å². The third-order valence-corrected chi connectivity index (χ3v) is 7.57. The van der Waals surface area contributed by atoms with Gasteiger partial charge in [-0.05, 0) is 60.2 Å². The summed E-state index contributed by atoms with van der Waals surface area (Å²) >= 11 is 7.57. The van der Waals surface area contributed by atoms with Gasteiger partial charge in [-0.3, -0.25) is 14.5 Å². The number of nitrogens with zero attached hydrogens (tertiary/aromatic N) is 2. The van der Waals surface area contributed by atoms with Crippen molar-refractivity contribution in [1.82, 2.24) is 10.2 Å². The molecule has 0 unspecified atom stereocenters. The number of alkyl halides is 1. The van der Waals surface area contributed by atoms with E-state index in [1.165, 1.54) is 11.3 Å². The van der Waals surface area contributed by atoms with Crippen LogP contribution in [0.3, 0.4) is 0 Å². The van der Waals surface area contributed by atoms with Crippen molar-refractivity contribution in [2.45, 2.75) is 32.9 Å². The summed E-state index contributed by atoms with van der Waals surface area (Å²) in [7, 11) is 0. The fourth-order valence-corrected chi connectivity index (χ4v) is 5.41. The predicted molar refractivity (Wildman–Crippen MR) is 153 cm³/mol. The molecule has 2 atom stereocenters. The molecule has 2 aromatic carbocycles. The number of halogens is 2. The van der Waals surface area contributed by atoms with Gasteiger partial charge in [0.25, 0.3) is 5.91 Å². The molecule has 37 heavy (non-hydrogen) atoms. The lowest BCUT2D eigenvalue weighted by Gasteiger charge is -2.40. The first kappa shape index (κ1) is 29.0. The van der Waals surface area contributed by atoms with Crippen LogP contribution in [0.4, 0.5) is 5.69 Å². The van der Waals surface area contributed by atoms with Crippen LogP contribution in [-0.2, 0) is 9.59 Å². The van der Waals surface area contributed by atoms with E-state index in [0.29, 0.717) is 30.4 Å². The van der Waals surface area contributed by atoms with Crippen molar-refractivity contribution < 1.29 is 14.3 Å². The Labute approximate surface area is 234 Å². The summed E-state index contributed by atoms with van der Waals surface area (Å²) in [6.45, 7) is 8.12. The van der Waals surface area contributed by atoms with Gasteiger partial charge >= 0.3 is 0 Å². The number of ether oxygens (including phenoxy) is 1. The number of hydrogen-bond donors (Lipinski definition) is 1. The van der Waals surface area contributed by atoms with Crippen LogP contribution < -0.4 is 15.0 Å². The zero-order chi connectivity index (χ0) is 25.7. The number of carbonyl (C=O) groups is 2. The van der Waals surface area contributed by atoms with E-state index in [2.05, 4.69) is 19.2 Å². The summed E-state index contributed by atoms with van der Waals surface area (Å²) in [5, 5.41) is 5.43. The molecule has 198 valence electrons. The number of aryl methyl sites for hydroxylation is 1. The predicted octanol–water partition coefficient (Wildman–Crippen LogP) is 6.04. The highest BCUT2D eigenvalue weighted by molar-refractivity contribution is 7.10. The number of carbonyl (C=O) groups excluding carboxylic acids is 2. The number of piperazine rings is 1. The first-order chi connectivity index (χ1) is 17.4. The molecule has 1 aliphatic rings. The fraction of sp³-hybridized carbons (Fsp3) is 0.357. The zero-order valence-electron chi connectivity index (χ0n) is 21.2. The smallest absolute Gasteiger partial charge is 0.251 e. The molecule has 4 rings (SSSR count). The minimum absolute atomic E-state index is 0.